The van der Waals surface area contributed by atoms with Crippen LogP contribution >= 0.6 is 0 Å². The monoisotopic (exact) mass is 312 g/mol. The Kier molecular flexibility index (Phi) is 5.27. The van der Waals surface area contributed by atoms with Crippen molar-refractivity contribution < 1.29 is 13.0 Å². The lowest BCUT2D eigenvalue weighted by Crippen LogP contribution is -2.24. The number of hydrogen-bond donors (Lipinski definition) is 1. The van der Waals surface area contributed by atoms with Gasteiger partial charge in [-0.05, 0) is 47.3 Å². The molecule has 0 saturated carbocycles. The van der Waals surface area contributed by atoms with Gasteiger partial charge >= 0.3 is 0 Å². The molecule has 1 aromatic carbocycles. The van der Waals surface area contributed by atoms with Gasteiger partial charge in [0.05, 0.1) is 4.90 Å². The zero-order valence-corrected chi connectivity index (χ0v) is 14.8. The molecule has 21 heavy (non-hydrogen) atoms. The summed E-state index contributed by atoms with van der Waals surface area (Å²) >= 11 is 0. The van der Waals surface area contributed by atoms with E-state index >= 15 is 0 Å². The minimum atomic E-state index is -4.23. The average Bonchev–Trinajstić information content (AvgIpc) is 2.44. The predicted molar refractivity (Wildman–Crippen MR) is 87.5 cm³/mol. The Labute approximate surface area is 129 Å². The van der Waals surface area contributed by atoms with Crippen LogP contribution in [-0.4, -0.2) is 13.0 Å². The molecule has 0 spiro atoms. The van der Waals surface area contributed by atoms with Gasteiger partial charge in [0.25, 0.3) is 10.1 Å². The Morgan fingerprint density at radius 3 is 1.90 bits per heavy atom. The van der Waals surface area contributed by atoms with Crippen molar-refractivity contribution in [3.8, 4) is 0 Å². The van der Waals surface area contributed by atoms with E-state index in [-0.39, 0.29) is 15.7 Å². The molecule has 1 N–H and O–H groups in total. The van der Waals surface area contributed by atoms with E-state index in [1.165, 1.54) is 0 Å². The van der Waals surface area contributed by atoms with Gasteiger partial charge in [0.1, 0.15) is 0 Å². The molecule has 0 bridgehead atoms. The third-order valence-electron chi connectivity index (χ3n) is 5.14. The number of hydrogen-bond acceptors (Lipinski definition) is 2. The van der Waals surface area contributed by atoms with Crippen molar-refractivity contribution in [3.05, 3.63) is 29.3 Å². The van der Waals surface area contributed by atoms with E-state index in [4.69, 9.17) is 0 Å². The van der Waals surface area contributed by atoms with E-state index in [1.54, 1.807) is 6.07 Å². The molecule has 0 fully saturated rings. The van der Waals surface area contributed by atoms with E-state index in [2.05, 4.69) is 20.8 Å². The highest BCUT2D eigenvalue weighted by Gasteiger charge is 2.31. The van der Waals surface area contributed by atoms with Gasteiger partial charge in [-0.3, -0.25) is 4.55 Å². The van der Waals surface area contributed by atoms with Crippen LogP contribution in [0.15, 0.2) is 23.1 Å². The van der Waals surface area contributed by atoms with Crippen LogP contribution < -0.4 is 0 Å². The topological polar surface area (TPSA) is 54.4 Å². The van der Waals surface area contributed by atoms with Crippen molar-refractivity contribution in [2.24, 2.45) is 0 Å². The molecule has 4 heteroatoms. The highest BCUT2D eigenvalue weighted by atomic mass is 32.2. The second kappa shape index (κ2) is 6.09. The molecule has 0 saturated heterocycles. The van der Waals surface area contributed by atoms with Gasteiger partial charge in [-0.15, -0.1) is 0 Å². The van der Waals surface area contributed by atoms with Gasteiger partial charge < -0.3 is 0 Å². The summed E-state index contributed by atoms with van der Waals surface area (Å²) in [4.78, 5) is 0.0627. The summed E-state index contributed by atoms with van der Waals surface area (Å²) in [5.74, 6) is 0. The van der Waals surface area contributed by atoms with Crippen molar-refractivity contribution in [3.63, 3.8) is 0 Å². The molecule has 0 unspecified atom stereocenters. The van der Waals surface area contributed by atoms with E-state index in [1.807, 2.05) is 32.9 Å². The summed E-state index contributed by atoms with van der Waals surface area (Å²) in [5, 5.41) is 0. The van der Waals surface area contributed by atoms with Gasteiger partial charge in [-0.2, -0.15) is 8.42 Å². The summed E-state index contributed by atoms with van der Waals surface area (Å²) < 4.78 is 33.4. The molecular weight excluding hydrogens is 284 g/mol. The SMILES string of the molecule is CCC(C)(C)c1ccc(C(C)(CC)CC)c(S(=O)(=O)O)c1. The van der Waals surface area contributed by atoms with Crippen LogP contribution in [0, 0.1) is 0 Å². The smallest absolute Gasteiger partial charge is 0.282 e. The van der Waals surface area contributed by atoms with Crippen LogP contribution in [0.3, 0.4) is 0 Å². The zero-order chi connectivity index (χ0) is 16.5. The lowest BCUT2D eigenvalue weighted by Gasteiger charge is -2.31. The molecule has 1 rings (SSSR count). The molecule has 1 aromatic rings. The Balaban J connectivity index is 3.63. The van der Waals surface area contributed by atoms with Gasteiger partial charge in [-0.25, -0.2) is 0 Å². The van der Waals surface area contributed by atoms with Crippen LogP contribution in [0.5, 0.6) is 0 Å². The molecule has 0 amide bonds. The number of rotatable bonds is 6. The minimum Gasteiger partial charge on any atom is -0.282 e. The van der Waals surface area contributed by atoms with Crippen LogP contribution in [0.2, 0.25) is 0 Å². The Hall–Kier alpha value is -0.870. The van der Waals surface area contributed by atoms with Gasteiger partial charge in [0.15, 0.2) is 0 Å². The number of benzene rings is 1. The van der Waals surface area contributed by atoms with Crippen LogP contribution in [-0.2, 0) is 20.9 Å². The average molecular weight is 312 g/mol. The minimum absolute atomic E-state index is 0.0627. The normalized spacial score (nSPS) is 13.5. The lowest BCUT2D eigenvalue weighted by atomic mass is 9.75. The second-order valence-corrected chi connectivity index (χ2v) is 8.08. The lowest BCUT2D eigenvalue weighted by molar-refractivity contribution is 0.421. The predicted octanol–water partition coefficient (Wildman–Crippen LogP) is 4.70. The largest absolute Gasteiger partial charge is 0.294 e. The van der Waals surface area contributed by atoms with Crippen molar-refractivity contribution >= 4 is 10.1 Å². The maximum Gasteiger partial charge on any atom is 0.294 e. The van der Waals surface area contributed by atoms with Crippen LogP contribution in [0.4, 0.5) is 0 Å². The first-order valence-electron chi connectivity index (χ1n) is 7.64. The first kappa shape index (κ1) is 18.2. The van der Waals surface area contributed by atoms with E-state index in [0.717, 1.165) is 24.8 Å². The first-order valence-corrected chi connectivity index (χ1v) is 9.08. The third kappa shape index (κ3) is 3.67. The summed E-state index contributed by atoms with van der Waals surface area (Å²) in [6, 6.07) is 5.53. The fourth-order valence-electron chi connectivity index (χ4n) is 2.49. The summed E-state index contributed by atoms with van der Waals surface area (Å²) in [5.41, 5.74) is 1.29. The maximum atomic E-state index is 11.9. The summed E-state index contributed by atoms with van der Waals surface area (Å²) in [6.45, 7) is 12.4. The Morgan fingerprint density at radius 1 is 1.00 bits per heavy atom. The molecule has 0 aliphatic rings. The van der Waals surface area contributed by atoms with Crippen LogP contribution in [0.1, 0.15) is 71.9 Å². The molecule has 0 radical (unpaired) electrons. The van der Waals surface area contributed by atoms with Crippen LogP contribution in [0.25, 0.3) is 0 Å². The van der Waals surface area contributed by atoms with E-state index < -0.39 is 10.1 Å². The summed E-state index contributed by atoms with van der Waals surface area (Å²) in [6.07, 6.45) is 2.54. The van der Waals surface area contributed by atoms with E-state index in [0.29, 0.717) is 5.56 Å². The first-order chi connectivity index (χ1) is 9.51. The highest BCUT2D eigenvalue weighted by Crippen LogP contribution is 2.38. The van der Waals surface area contributed by atoms with E-state index in [9.17, 15) is 13.0 Å². The fraction of sp³-hybridized carbons (Fsp3) is 0.647. The fourth-order valence-corrected chi connectivity index (χ4v) is 3.36. The Bertz CT molecular complexity index is 596. The molecule has 0 aliphatic heterocycles. The second-order valence-electron chi connectivity index (χ2n) is 6.69. The molecule has 3 nitrogen and oxygen atoms in total. The summed E-state index contributed by atoms with van der Waals surface area (Å²) in [7, 11) is -4.23. The quantitative estimate of drug-likeness (QED) is 0.775. The third-order valence-corrected chi connectivity index (χ3v) is 6.03. The highest BCUT2D eigenvalue weighted by molar-refractivity contribution is 7.85. The van der Waals surface area contributed by atoms with Gasteiger partial charge in [0, 0.05) is 0 Å². The molecule has 0 aromatic heterocycles. The maximum absolute atomic E-state index is 11.9. The van der Waals surface area contributed by atoms with Gasteiger partial charge in [0.2, 0.25) is 0 Å². The molecular formula is C17H28O3S. The molecule has 0 heterocycles. The zero-order valence-electron chi connectivity index (χ0n) is 14.0. The van der Waals surface area contributed by atoms with Crippen molar-refractivity contribution in [2.45, 2.75) is 76.5 Å². The molecule has 0 aliphatic carbocycles. The standard InChI is InChI=1S/C17H28O3S/c1-7-16(4,5)13-10-11-14(17(6,8-2)9-3)15(12-13)21(18,19)20/h10-12H,7-9H2,1-6H3,(H,18,19,20). The van der Waals surface area contributed by atoms with Crippen molar-refractivity contribution in [1.82, 2.24) is 0 Å². The Morgan fingerprint density at radius 2 is 1.52 bits per heavy atom. The van der Waals surface area contributed by atoms with Crippen molar-refractivity contribution in [2.75, 3.05) is 0 Å². The van der Waals surface area contributed by atoms with Crippen molar-refractivity contribution in [1.29, 1.82) is 0 Å². The molecule has 120 valence electrons. The molecule has 0 atom stereocenters. The van der Waals surface area contributed by atoms with Gasteiger partial charge in [-0.1, -0.05) is 53.7 Å².